The number of rotatable bonds is 10. The summed E-state index contributed by atoms with van der Waals surface area (Å²) in [5.41, 5.74) is 0. The molecule has 0 saturated carbocycles. The Balaban J connectivity index is 3.01. The minimum absolute atomic E-state index is 0.632. The zero-order valence-electron chi connectivity index (χ0n) is 13.9. The second-order valence-electron chi connectivity index (χ2n) is 4.77. The van der Waals surface area contributed by atoms with Crippen LogP contribution in [-0.4, -0.2) is 61.9 Å². The van der Waals surface area contributed by atoms with Crippen molar-refractivity contribution in [2.75, 3.05) is 62.1 Å². The normalized spacial score (nSPS) is 10.5. The number of ether oxygens (including phenoxy) is 1. The molecule has 0 spiro atoms. The number of nitrogens with zero attached hydrogens (tertiary/aromatic N) is 5. The fourth-order valence-electron chi connectivity index (χ4n) is 1.82. The van der Waals surface area contributed by atoms with Gasteiger partial charge < -0.3 is 19.9 Å². The molecule has 0 atom stereocenters. The van der Waals surface area contributed by atoms with Gasteiger partial charge in [0, 0.05) is 40.3 Å². The summed E-state index contributed by atoms with van der Waals surface area (Å²) in [7, 11) is 3.65. The topological polar surface area (TPSA) is 66.4 Å². The average molecular weight is 296 g/mol. The molecular weight excluding hydrogens is 268 g/mol. The smallest absolute Gasteiger partial charge is 0.231 e. The van der Waals surface area contributed by atoms with E-state index in [9.17, 15) is 0 Å². The summed E-state index contributed by atoms with van der Waals surface area (Å²) in [6.07, 6.45) is 1.03. The Bertz CT molecular complexity index is 410. The molecule has 0 aliphatic heterocycles. The van der Waals surface area contributed by atoms with E-state index in [-0.39, 0.29) is 0 Å². The fraction of sp³-hybridized carbons (Fsp3) is 0.786. The first-order valence-electron chi connectivity index (χ1n) is 7.61. The summed E-state index contributed by atoms with van der Waals surface area (Å²) in [4.78, 5) is 17.7. The highest BCUT2D eigenvalue weighted by atomic mass is 16.5. The fourth-order valence-corrected chi connectivity index (χ4v) is 1.82. The van der Waals surface area contributed by atoms with Gasteiger partial charge in [0.15, 0.2) is 0 Å². The average Bonchev–Trinajstić information content (AvgIpc) is 2.51. The summed E-state index contributed by atoms with van der Waals surface area (Å²) in [5, 5.41) is 3.24. The van der Waals surface area contributed by atoms with E-state index in [1.807, 2.05) is 11.9 Å². The first-order valence-corrected chi connectivity index (χ1v) is 7.61. The van der Waals surface area contributed by atoms with Crippen LogP contribution in [0.25, 0.3) is 0 Å². The van der Waals surface area contributed by atoms with E-state index in [1.54, 1.807) is 7.11 Å². The molecule has 7 heteroatoms. The van der Waals surface area contributed by atoms with Crippen molar-refractivity contribution in [2.24, 2.45) is 0 Å². The maximum Gasteiger partial charge on any atom is 0.231 e. The van der Waals surface area contributed by atoms with Crippen LogP contribution in [0.4, 0.5) is 17.8 Å². The second kappa shape index (κ2) is 9.33. The number of aromatic nitrogens is 3. The van der Waals surface area contributed by atoms with Crippen LogP contribution in [-0.2, 0) is 4.74 Å². The predicted octanol–water partition coefficient (Wildman–Crippen LogP) is 1.62. The predicted molar refractivity (Wildman–Crippen MR) is 87.3 cm³/mol. The lowest BCUT2D eigenvalue weighted by Crippen LogP contribution is -2.29. The van der Waals surface area contributed by atoms with E-state index in [2.05, 4.69) is 45.9 Å². The lowest BCUT2D eigenvalue weighted by atomic mass is 10.5. The van der Waals surface area contributed by atoms with E-state index in [4.69, 9.17) is 4.74 Å². The van der Waals surface area contributed by atoms with Crippen molar-refractivity contribution in [3.05, 3.63) is 0 Å². The van der Waals surface area contributed by atoms with E-state index < -0.39 is 0 Å². The molecule has 1 aromatic rings. The highest BCUT2D eigenvalue weighted by molar-refractivity contribution is 5.44. The third-order valence-corrected chi connectivity index (χ3v) is 3.16. The zero-order chi connectivity index (χ0) is 15.7. The molecule has 0 bridgehead atoms. The summed E-state index contributed by atoms with van der Waals surface area (Å²) >= 11 is 0. The Labute approximate surface area is 127 Å². The molecule has 0 fully saturated rings. The van der Waals surface area contributed by atoms with Gasteiger partial charge in [-0.15, -0.1) is 0 Å². The Morgan fingerprint density at radius 3 is 2.29 bits per heavy atom. The van der Waals surface area contributed by atoms with Crippen LogP contribution in [0.15, 0.2) is 0 Å². The van der Waals surface area contributed by atoms with Crippen molar-refractivity contribution in [3.8, 4) is 0 Å². The molecule has 1 N–H and O–H groups in total. The zero-order valence-corrected chi connectivity index (χ0v) is 13.9. The van der Waals surface area contributed by atoms with Crippen LogP contribution >= 0.6 is 0 Å². The molecule has 0 amide bonds. The van der Waals surface area contributed by atoms with Gasteiger partial charge >= 0.3 is 0 Å². The quantitative estimate of drug-likeness (QED) is 0.703. The minimum atomic E-state index is 0.632. The van der Waals surface area contributed by atoms with Gasteiger partial charge in [-0.3, -0.25) is 0 Å². The van der Waals surface area contributed by atoms with Crippen LogP contribution in [0.3, 0.4) is 0 Å². The molecule has 21 heavy (non-hydrogen) atoms. The maximum absolute atomic E-state index is 5.11. The van der Waals surface area contributed by atoms with Crippen molar-refractivity contribution in [1.82, 2.24) is 15.0 Å². The number of hydrogen-bond acceptors (Lipinski definition) is 7. The van der Waals surface area contributed by atoms with Crippen LogP contribution in [0.1, 0.15) is 27.2 Å². The third-order valence-electron chi connectivity index (χ3n) is 3.16. The Morgan fingerprint density at radius 2 is 1.71 bits per heavy atom. The molecule has 1 rings (SSSR count). The Hall–Kier alpha value is -1.63. The van der Waals surface area contributed by atoms with Crippen molar-refractivity contribution >= 4 is 17.8 Å². The highest BCUT2D eigenvalue weighted by Crippen LogP contribution is 2.15. The van der Waals surface area contributed by atoms with Gasteiger partial charge in [0.05, 0.1) is 6.61 Å². The molecule has 1 aromatic heterocycles. The van der Waals surface area contributed by atoms with Crippen molar-refractivity contribution < 1.29 is 4.74 Å². The summed E-state index contributed by atoms with van der Waals surface area (Å²) in [6.45, 7) is 10.3. The Morgan fingerprint density at radius 1 is 1.05 bits per heavy atom. The number of anilines is 3. The molecule has 0 saturated heterocycles. The van der Waals surface area contributed by atoms with E-state index in [0.29, 0.717) is 24.5 Å². The molecule has 120 valence electrons. The van der Waals surface area contributed by atoms with E-state index in [1.165, 1.54) is 0 Å². The SMILES string of the molecule is CCCNc1nc(N(C)CCOC)nc(N(CC)CC)n1. The maximum atomic E-state index is 5.11. The van der Waals surface area contributed by atoms with Crippen LogP contribution in [0.2, 0.25) is 0 Å². The lowest BCUT2D eigenvalue weighted by molar-refractivity contribution is 0.206. The van der Waals surface area contributed by atoms with Crippen LogP contribution in [0.5, 0.6) is 0 Å². The number of nitrogens with one attached hydrogen (secondary N) is 1. The van der Waals surface area contributed by atoms with Crippen molar-refractivity contribution in [3.63, 3.8) is 0 Å². The minimum Gasteiger partial charge on any atom is -0.383 e. The molecule has 0 radical (unpaired) electrons. The molecule has 0 aliphatic carbocycles. The monoisotopic (exact) mass is 296 g/mol. The third kappa shape index (κ3) is 5.34. The van der Waals surface area contributed by atoms with Gasteiger partial charge in [-0.25, -0.2) is 0 Å². The first kappa shape index (κ1) is 17.4. The van der Waals surface area contributed by atoms with Crippen LogP contribution in [0, 0.1) is 0 Å². The summed E-state index contributed by atoms with van der Waals surface area (Å²) in [6, 6.07) is 0. The van der Waals surface area contributed by atoms with E-state index in [0.717, 1.165) is 32.6 Å². The van der Waals surface area contributed by atoms with Crippen LogP contribution < -0.4 is 15.1 Å². The summed E-state index contributed by atoms with van der Waals surface area (Å²) < 4.78 is 5.11. The molecule has 0 aromatic carbocycles. The number of likely N-dealkylation sites (N-methyl/N-ethyl adjacent to an activating group) is 1. The molecular formula is C14H28N6O. The van der Waals surface area contributed by atoms with Gasteiger partial charge in [-0.1, -0.05) is 6.92 Å². The largest absolute Gasteiger partial charge is 0.383 e. The van der Waals surface area contributed by atoms with Crippen molar-refractivity contribution in [1.29, 1.82) is 0 Å². The molecule has 0 unspecified atom stereocenters. The second-order valence-corrected chi connectivity index (χ2v) is 4.77. The molecule has 7 nitrogen and oxygen atoms in total. The van der Waals surface area contributed by atoms with Gasteiger partial charge in [-0.05, 0) is 20.3 Å². The molecule has 0 aliphatic rings. The first-order chi connectivity index (χ1) is 10.2. The van der Waals surface area contributed by atoms with Gasteiger partial charge in [-0.2, -0.15) is 15.0 Å². The molecule has 1 heterocycles. The van der Waals surface area contributed by atoms with Gasteiger partial charge in [0.25, 0.3) is 0 Å². The standard InChI is InChI=1S/C14H28N6O/c1-6-9-15-12-16-13(19(4)10-11-21-5)18-14(17-12)20(7-2)8-3/h6-11H2,1-5H3,(H,15,16,17,18). The Kier molecular flexibility index (Phi) is 7.74. The number of hydrogen-bond donors (Lipinski definition) is 1. The summed E-state index contributed by atoms with van der Waals surface area (Å²) in [5.74, 6) is 2.02. The van der Waals surface area contributed by atoms with Crippen molar-refractivity contribution in [2.45, 2.75) is 27.2 Å². The van der Waals surface area contributed by atoms with E-state index >= 15 is 0 Å². The van der Waals surface area contributed by atoms with Gasteiger partial charge in [0.2, 0.25) is 17.8 Å². The lowest BCUT2D eigenvalue weighted by Gasteiger charge is -2.22. The highest BCUT2D eigenvalue weighted by Gasteiger charge is 2.13. The van der Waals surface area contributed by atoms with Gasteiger partial charge in [0.1, 0.15) is 0 Å². The number of methoxy groups -OCH3 is 1.